The van der Waals surface area contributed by atoms with Gasteiger partial charge in [-0.25, -0.2) is 14.6 Å². The molecule has 1 N–H and O–H groups in total. The average Bonchev–Trinajstić information content (AvgIpc) is 3.26. The predicted molar refractivity (Wildman–Crippen MR) is 116 cm³/mol. The zero-order valence-electron chi connectivity index (χ0n) is 16.5. The predicted octanol–water partition coefficient (Wildman–Crippen LogP) is 3.91. The van der Waals surface area contributed by atoms with E-state index in [9.17, 15) is 4.79 Å². The van der Waals surface area contributed by atoms with E-state index in [1.807, 2.05) is 29.8 Å². The average molecular weight is 406 g/mol. The Hall–Kier alpha value is -3.06. The molecule has 0 spiro atoms. The third-order valence-corrected chi connectivity index (χ3v) is 5.80. The van der Waals surface area contributed by atoms with Crippen molar-refractivity contribution < 1.29 is 0 Å². The van der Waals surface area contributed by atoms with E-state index in [2.05, 4.69) is 64.7 Å². The van der Waals surface area contributed by atoms with Gasteiger partial charge >= 0.3 is 5.69 Å². The Labute approximate surface area is 173 Å². The topological polar surface area (TPSA) is 68.5 Å². The van der Waals surface area contributed by atoms with E-state index in [1.54, 1.807) is 16.3 Å². The van der Waals surface area contributed by atoms with Gasteiger partial charge in [0.2, 0.25) is 0 Å². The van der Waals surface area contributed by atoms with Gasteiger partial charge < -0.3 is 0 Å². The summed E-state index contributed by atoms with van der Waals surface area (Å²) in [5, 5.41) is 12.0. The number of hydrogen-bond acceptors (Lipinski definition) is 4. The SMILES string of the molecule is Cc1cc(C)n(-c2ccc(CSc3n[nH]c(=O)n3CCc3ccccc3)cc2)n1. The Balaban J connectivity index is 1.41. The van der Waals surface area contributed by atoms with Crippen LogP contribution in [0.3, 0.4) is 0 Å². The van der Waals surface area contributed by atoms with E-state index < -0.39 is 0 Å². The summed E-state index contributed by atoms with van der Waals surface area (Å²) in [5.74, 6) is 0.743. The number of aromatic nitrogens is 5. The molecule has 0 amide bonds. The largest absolute Gasteiger partial charge is 0.343 e. The summed E-state index contributed by atoms with van der Waals surface area (Å²) < 4.78 is 3.66. The van der Waals surface area contributed by atoms with Crippen molar-refractivity contribution >= 4 is 11.8 Å². The molecule has 2 aromatic carbocycles. The first kappa shape index (κ1) is 19.3. The molecule has 0 atom stereocenters. The second-order valence-corrected chi connectivity index (χ2v) is 7.94. The number of nitrogens with zero attached hydrogens (tertiary/aromatic N) is 4. The molecule has 0 fully saturated rings. The Kier molecular flexibility index (Phi) is 5.67. The Morgan fingerprint density at radius 2 is 1.76 bits per heavy atom. The number of hydrogen-bond donors (Lipinski definition) is 1. The fourth-order valence-corrected chi connectivity index (χ4v) is 4.20. The van der Waals surface area contributed by atoms with Gasteiger partial charge in [0.1, 0.15) is 0 Å². The van der Waals surface area contributed by atoms with Gasteiger partial charge in [-0.05, 0) is 49.6 Å². The van der Waals surface area contributed by atoms with Crippen molar-refractivity contribution in [1.82, 2.24) is 24.5 Å². The van der Waals surface area contributed by atoms with Crippen LogP contribution in [0, 0.1) is 13.8 Å². The molecule has 0 aliphatic heterocycles. The van der Waals surface area contributed by atoms with Gasteiger partial charge in [-0.2, -0.15) is 5.10 Å². The molecule has 2 heterocycles. The smallest absolute Gasteiger partial charge is 0.270 e. The summed E-state index contributed by atoms with van der Waals surface area (Å²) in [4.78, 5) is 12.1. The van der Waals surface area contributed by atoms with Crippen LogP contribution in [0.1, 0.15) is 22.5 Å². The normalized spacial score (nSPS) is 11.1. The number of aromatic amines is 1. The van der Waals surface area contributed by atoms with E-state index in [0.29, 0.717) is 11.7 Å². The van der Waals surface area contributed by atoms with Crippen LogP contribution in [0.5, 0.6) is 0 Å². The maximum atomic E-state index is 12.1. The van der Waals surface area contributed by atoms with Crippen LogP contribution in [0.25, 0.3) is 5.69 Å². The van der Waals surface area contributed by atoms with Crippen LogP contribution in [0.15, 0.2) is 70.6 Å². The van der Waals surface area contributed by atoms with Gasteiger partial charge in [0.25, 0.3) is 0 Å². The first-order valence-electron chi connectivity index (χ1n) is 9.54. The Bertz CT molecular complexity index is 1140. The number of nitrogens with one attached hydrogen (secondary N) is 1. The fraction of sp³-hybridized carbons (Fsp3) is 0.227. The molecule has 148 valence electrons. The lowest BCUT2D eigenvalue weighted by molar-refractivity contribution is 0.616. The molecular formula is C22H23N5OS. The molecular weight excluding hydrogens is 382 g/mol. The van der Waals surface area contributed by atoms with Crippen molar-refractivity contribution in [2.45, 2.75) is 37.7 Å². The highest BCUT2D eigenvalue weighted by molar-refractivity contribution is 7.98. The van der Waals surface area contributed by atoms with Crippen molar-refractivity contribution in [3.05, 3.63) is 93.7 Å². The number of rotatable bonds is 7. The van der Waals surface area contributed by atoms with E-state index in [1.165, 1.54) is 11.1 Å². The van der Waals surface area contributed by atoms with Gasteiger partial charge in [-0.3, -0.25) is 4.57 Å². The standard InChI is InChI=1S/C22H23N5OS/c1-16-14-17(2)27(25-16)20-10-8-19(9-11-20)15-29-22-24-23-21(28)26(22)13-12-18-6-4-3-5-7-18/h3-11,14H,12-13,15H2,1-2H3,(H,23,28). The molecule has 4 aromatic rings. The minimum Gasteiger partial charge on any atom is -0.270 e. The van der Waals surface area contributed by atoms with Crippen molar-refractivity contribution in [3.63, 3.8) is 0 Å². The molecule has 0 saturated heterocycles. The van der Waals surface area contributed by atoms with E-state index in [4.69, 9.17) is 0 Å². The summed E-state index contributed by atoms with van der Waals surface area (Å²) >= 11 is 1.56. The molecule has 29 heavy (non-hydrogen) atoms. The first-order chi connectivity index (χ1) is 14.1. The maximum absolute atomic E-state index is 12.1. The lowest BCUT2D eigenvalue weighted by atomic mass is 10.1. The van der Waals surface area contributed by atoms with Crippen molar-refractivity contribution in [1.29, 1.82) is 0 Å². The zero-order valence-corrected chi connectivity index (χ0v) is 17.3. The minimum atomic E-state index is -0.164. The van der Waals surface area contributed by atoms with Gasteiger partial charge in [0, 0.05) is 18.0 Å². The summed E-state index contributed by atoms with van der Waals surface area (Å²) in [6.07, 6.45) is 0.797. The maximum Gasteiger partial charge on any atom is 0.343 e. The molecule has 7 heteroatoms. The molecule has 0 saturated carbocycles. The van der Waals surface area contributed by atoms with Gasteiger partial charge in [-0.15, -0.1) is 5.10 Å². The van der Waals surface area contributed by atoms with Crippen LogP contribution in [0.2, 0.25) is 0 Å². The Morgan fingerprint density at radius 3 is 2.45 bits per heavy atom. The van der Waals surface area contributed by atoms with Crippen molar-refractivity contribution in [3.8, 4) is 5.69 Å². The minimum absolute atomic E-state index is 0.164. The molecule has 0 aliphatic rings. The van der Waals surface area contributed by atoms with Gasteiger partial charge in [0.05, 0.1) is 11.4 Å². The molecule has 2 aromatic heterocycles. The van der Waals surface area contributed by atoms with E-state index >= 15 is 0 Å². The lowest BCUT2D eigenvalue weighted by Gasteiger charge is -2.07. The van der Waals surface area contributed by atoms with E-state index in [-0.39, 0.29) is 5.69 Å². The van der Waals surface area contributed by atoms with Crippen LogP contribution >= 0.6 is 11.8 Å². The quantitative estimate of drug-likeness (QED) is 0.473. The fourth-order valence-electron chi connectivity index (χ4n) is 3.27. The highest BCUT2D eigenvalue weighted by Crippen LogP contribution is 2.21. The Morgan fingerprint density at radius 1 is 1.00 bits per heavy atom. The van der Waals surface area contributed by atoms with Crippen LogP contribution in [-0.4, -0.2) is 24.5 Å². The molecule has 0 bridgehead atoms. The summed E-state index contributed by atoms with van der Waals surface area (Å²) in [7, 11) is 0. The number of H-pyrrole nitrogens is 1. The third-order valence-electron chi connectivity index (χ3n) is 4.75. The van der Waals surface area contributed by atoms with E-state index in [0.717, 1.165) is 29.2 Å². The monoisotopic (exact) mass is 405 g/mol. The van der Waals surface area contributed by atoms with Crippen LogP contribution in [0.4, 0.5) is 0 Å². The summed E-state index contributed by atoms with van der Waals surface area (Å²) in [5.41, 5.74) is 5.38. The second kappa shape index (κ2) is 8.53. The highest BCUT2D eigenvalue weighted by atomic mass is 32.2. The number of benzene rings is 2. The van der Waals surface area contributed by atoms with Crippen molar-refractivity contribution in [2.24, 2.45) is 0 Å². The lowest BCUT2D eigenvalue weighted by Crippen LogP contribution is -2.18. The molecule has 4 rings (SSSR count). The summed E-state index contributed by atoms with van der Waals surface area (Å²) in [6.45, 7) is 4.66. The second-order valence-electron chi connectivity index (χ2n) is 6.99. The van der Waals surface area contributed by atoms with Crippen LogP contribution in [-0.2, 0) is 18.7 Å². The molecule has 6 nitrogen and oxygen atoms in total. The number of aryl methyl sites for hydroxylation is 3. The zero-order chi connectivity index (χ0) is 20.2. The van der Waals surface area contributed by atoms with Crippen LogP contribution < -0.4 is 5.69 Å². The van der Waals surface area contributed by atoms with Gasteiger partial charge in [0.15, 0.2) is 5.16 Å². The highest BCUT2D eigenvalue weighted by Gasteiger charge is 2.10. The summed E-state index contributed by atoms with van der Waals surface area (Å²) in [6, 6.07) is 20.6. The third kappa shape index (κ3) is 4.51. The molecule has 0 unspecified atom stereocenters. The first-order valence-corrected chi connectivity index (χ1v) is 10.5. The van der Waals surface area contributed by atoms with Crippen molar-refractivity contribution in [2.75, 3.05) is 0 Å². The molecule has 0 aliphatic carbocycles. The number of thioether (sulfide) groups is 1. The molecule has 0 radical (unpaired) electrons. The van der Waals surface area contributed by atoms with Gasteiger partial charge in [-0.1, -0.05) is 54.2 Å².